The molecule has 0 saturated carbocycles. The van der Waals surface area contributed by atoms with E-state index < -0.39 is 5.91 Å². The Hall–Kier alpha value is -2.89. The van der Waals surface area contributed by atoms with E-state index in [1.54, 1.807) is 24.4 Å². The van der Waals surface area contributed by atoms with Gasteiger partial charge in [-0.15, -0.1) is 0 Å². The molecular weight excluding hydrogens is 304 g/mol. The number of carbonyl (C=O) groups excluding carboxylic acids is 2. The lowest BCUT2D eigenvalue weighted by molar-refractivity contribution is -0.127. The minimum atomic E-state index is -0.456. The van der Waals surface area contributed by atoms with Crippen molar-refractivity contribution in [2.75, 3.05) is 13.1 Å². The van der Waals surface area contributed by atoms with Crippen molar-refractivity contribution in [1.82, 2.24) is 15.1 Å². The normalized spacial score (nSPS) is 17.5. The molecule has 1 aliphatic rings. The highest BCUT2D eigenvalue weighted by Crippen LogP contribution is 2.33. The number of piperidine rings is 1. The molecule has 1 atom stereocenters. The van der Waals surface area contributed by atoms with E-state index in [9.17, 15) is 9.59 Å². The van der Waals surface area contributed by atoms with Gasteiger partial charge in [-0.05, 0) is 36.6 Å². The van der Waals surface area contributed by atoms with Crippen molar-refractivity contribution in [3.8, 4) is 11.1 Å². The van der Waals surface area contributed by atoms with Gasteiger partial charge in [0.15, 0.2) is 0 Å². The molecule has 2 aromatic rings. The maximum absolute atomic E-state index is 11.9. The lowest BCUT2D eigenvalue weighted by Crippen LogP contribution is -2.38. The fourth-order valence-electron chi connectivity index (χ4n) is 3.22. The van der Waals surface area contributed by atoms with Crippen LogP contribution in [0.4, 0.5) is 0 Å². The summed E-state index contributed by atoms with van der Waals surface area (Å²) in [6, 6.07) is 7.19. The summed E-state index contributed by atoms with van der Waals surface area (Å²) in [6.45, 7) is 4.95. The molecule has 1 aromatic carbocycles. The minimum Gasteiger partial charge on any atom is -0.366 e. The first-order valence-corrected chi connectivity index (χ1v) is 7.95. The Kier molecular flexibility index (Phi) is 4.46. The summed E-state index contributed by atoms with van der Waals surface area (Å²) in [5, 5.41) is 7.24. The van der Waals surface area contributed by atoms with Crippen LogP contribution in [-0.4, -0.2) is 40.0 Å². The standard InChI is InChI=1S/C18H20N4O2/c1-2-16(23)22-8-4-7-14(11-22)17-15(10-20-21-17)12-5-3-6-13(9-12)18(19)24/h2-3,5-6,9-10,14H,1,4,7-8,11H2,(H2,19,24)(H,20,21). The Balaban J connectivity index is 1.90. The molecule has 2 heterocycles. The number of primary amides is 1. The van der Waals surface area contributed by atoms with Gasteiger partial charge < -0.3 is 10.6 Å². The number of rotatable bonds is 4. The SMILES string of the molecule is C=CC(=O)N1CCCC(c2[nH]ncc2-c2cccc(C(N)=O)c2)C1. The molecule has 1 saturated heterocycles. The molecule has 24 heavy (non-hydrogen) atoms. The van der Waals surface area contributed by atoms with E-state index >= 15 is 0 Å². The van der Waals surface area contributed by atoms with Crippen molar-refractivity contribution < 1.29 is 9.59 Å². The van der Waals surface area contributed by atoms with E-state index in [-0.39, 0.29) is 11.8 Å². The van der Waals surface area contributed by atoms with Crippen LogP contribution in [0.3, 0.4) is 0 Å². The molecule has 1 fully saturated rings. The van der Waals surface area contributed by atoms with Crippen LogP contribution < -0.4 is 5.73 Å². The average molecular weight is 324 g/mol. The summed E-state index contributed by atoms with van der Waals surface area (Å²) < 4.78 is 0. The van der Waals surface area contributed by atoms with E-state index in [0.717, 1.165) is 36.2 Å². The summed E-state index contributed by atoms with van der Waals surface area (Å²) >= 11 is 0. The van der Waals surface area contributed by atoms with Gasteiger partial charge in [0.05, 0.1) is 6.20 Å². The fraction of sp³-hybridized carbons (Fsp3) is 0.278. The highest BCUT2D eigenvalue weighted by molar-refractivity contribution is 5.94. The van der Waals surface area contributed by atoms with Crippen LogP contribution in [0.1, 0.15) is 34.8 Å². The smallest absolute Gasteiger partial charge is 0.248 e. The summed E-state index contributed by atoms with van der Waals surface area (Å²) in [5.74, 6) is -0.323. The van der Waals surface area contributed by atoms with Crippen molar-refractivity contribution in [2.24, 2.45) is 5.73 Å². The van der Waals surface area contributed by atoms with Crippen molar-refractivity contribution >= 4 is 11.8 Å². The number of hydrogen-bond acceptors (Lipinski definition) is 3. The fourth-order valence-corrected chi connectivity index (χ4v) is 3.22. The second kappa shape index (κ2) is 6.70. The largest absolute Gasteiger partial charge is 0.366 e. The van der Waals surface area contributed by atoms with Crippen LogP contribution >= 0.6 is 0 Å². The van der Waals surface area contributed by atoms with E-state index in [0.29, 0.717) is 12.1 Å². The maximum Gasteiger partial charge on any atom is 0.248 e. The van der Waals surface area contributed by atoms with Gasteiger partial charge in [0.25, 0.3) is 0 Å². The summed E-state index contributed by atoms with van der Waals surface area (Å²) in [5.41, 5.74) is 8.65. The number of aromatic amines is 1. The molecule has 6 nitrogen and oxygen atoms in total. The quantitative estimate of drug-likeness (QED) is 0.843. The van der Waals surface area contributed by atoms with Crippen LogP contribution in [0.5, 0.6) is 0 Å². The molecule has 0 radical (unpaired) electrons. The topological polar surface area (TPSA) is 92.1 Å². The van der Waals surface area contributed by atoms with E-state index in [1.807, 2.05) is 11.0 Å². The van der Waals surface area contributed by atoms with Crippen molar-refractivity contribution in [3.63, 3.8) is 0 Å². The number of nitrogens with zero attached hydrogens (tertiary/aromatic N) is 2. The highest BCUT2D eigenvalue weighted by atomic mass is 16.2. The third-order valence-electron chi connectivity index (χ3n) is 4.44. The minimum absolute atomic E-state index is 0.0449. The van der Waals surface area contributed by atoms with E-state index in [4.69, 9.17) is 5.73 Å². The molecule has 0 aliphatic carbocycles. The zero-order valence-corrected chi connectivity index (χ0v) is 13.4. The van der Waals surface area contributed by atoms with Crippen LogP contribution in [0.2, 0.25) is 0 Å². The molecule has 1 unspecified atom stereocenters. The number of carbonyl (C=O) groups is 2. The Morgan fingerprint density at radius 2 is 2.25 bits per heavy atom. The molecule has 2 amide bonds. The van der Waals surface area contributed by atoms with Crippen LogP contribution in [0, 0.1) is 0 Å². The Bertz CT molecular complexity index is 781. The zero-order valence-electron chi connectivity index (χ0n) is 13.4. The molecule has 124 valence electrons. The van der Waals surface area contributed by atoms with Gasteiger partial charge in [0.2, 0.25) is 11.8 Å². The molecule has 0 spiro atoms. The third kappa shape index (κ3) is 3.08. The van der Waals surface area contributed by atoms with E-state index in [1.165, 1.54) is 6.08 Å². The number of nitrogens with one attached hydrogen (secondary N) is 1. The van der Waals surface area contributed by atoms with Gasteiger partial charge >= 0.3 is 0 Å². The zero-order chi connectivity index (χ0) is 17.1. The van der Waals surface area contributed by atoms with Crippen molar-refractivity contribution in [1.29, 1.82) is 0 Å². The summed E-state index contributed by atoms with van der Waals surface area (Å²) in [4.78, 5) is 25.1. The van der Waals surface area contributed by atoms with Crippen LogP contribution in [0.25, 0.3) is 11.1 Å². The highest BCUT2D eigenvalue weighted by Gasteiger charge is 2.26. The monoisotopic (exact) mass is 324 g/mol. The Morgan fingerprint density at radius 1 is 1.42 bits per heavy atom. The van der Waals surface area contributed by atoms with Gasteiger partial charge in [0, 0.05) is 35.8 Å². The summed E-state index contributed by atoms with van der Waals surface area (Å²) in [6.07, 6.45) is 5.02. The second-order valence-corrected chi connectivity index (χ2v) is 5.97. The van der Waals surface area contributed by atoms with Gasteiger partial charge in [0.1, 0.15) is 0 Å². The predicted molar refractivity (Wildman–Crippen MR) is 91.3 cm³/mol. The maximum atomic E-state index is 11.9. The molecule has 3 N–H and O–H groups in total. The number of hydrogen-bond donors (Lipinski definition) is 2. The van der Waals surface area contributed by atoms with Gasteiger partial charge in [-0.25, -0.2) is 0 Å². The molecular formula is C18H20N4O2. The van der Waals surface area contributed by atoms with Crippen LogP contribution in [-0.2, 0) is 4.79 Å². The summed E-state index contributed by atoms with van der Waals surface area (Å²) in [7, 11) is 0. The molecule has 6 heteroatoms. The third-order valence-corrected chi connectivity index (χ3v) is 4.44. The number of likely N-dealkylation sites (tertiary alicyclic amines) is 1. The second-order valence-electron chi connectivity index (χ2n) is 5.97. The molecule has 3 rings (SSSR count). The number of nitrogens with two attached hydrogens (primary N) is 1. The number of benzene rings is 1. The first-order chi connectivity index (χ1) is 11.6. The van der Waals surface area contributed by atoms with Crippen molar-refractivity contribution in [2.45, 2.75) is 18.8 Å². The lowest BCUT2D eigenvalue weighted by Gasteiger charge is -2.32. The van der Waals surface area contributed by atoms with Crippen molar-refractivity contribution in [3.05, 3.63) is 54.4 Å². The van der Waals surface area contributed by atoms with E-state index in [2.05, 4.69) is 16.8 Å². The first kappa shape index (κ1) is 16.0. The molecule has 1 aliphatic heterocycles. The van der Waals surface area contributed by atoms with Gasteiger partial charge in [-0.3, -0.25) is 14.7 Å². The Labute approximate surface area is 140 Å². The molecule has 1 aromatic heterocycles. The molecule has 0 bridgehead atoms. The average Bonchev–Trinajstić information content (AvgIpc) is 3.11. The predicted octanol–water partition coefficient (Wildman–Crippen LogP) is 2.07. The Morgan fingerprint density at radius 3 is 3.00 bits per heavy atom. The van der Waals surface area contributed by atoms with Gasteiger partial charge in [-0.1, -0.05) is 18.7 Å². The van der Waals surface area contributed by atoms with Gasteiger partial charge in [-0.2, -0.15) is 5.10 Å². The first-order valence-electron chi connectivity index (χ1n) is 7.95. The number of H-pyrrole nitrogens is 1. The van der Waals surface area contributed by atoms with Crippen LogP contribution in [0.15, 0.2) is 43.1 Å². The number of aromatic nitrogens is 2. The number of amides is 2. The lowest BCUT2D eigenvalue weighted by atomic mass is 9.90.